The summed E-state index contributed by atoms with van der Waals surface area (Å²) in [5.41, 5.74) is 5.56. The summed E-state index contributed by atoms with van der Waals surface area (Å²) in [6.07, 6.45) is 6.17. The van der Waals surface area contributed by atoms with Gasteiger partial charge in [-0.15, -0.1) is 0 Å². The molecule has 0 amide bonds. The third-order valence-electron chi connectivity index (χ3n) is 3.22. The van der Waals surface area contributed by atoms with Gasteiger partial charge in [-0.3, -0.25) is 0 Å². The molecule has 0 radical (unpaired) electrons. The molecule has 6 heteroatoms. The molecule has 0 heterocycles. The van der Waals surface area contributed by atoms with Crippen molar-refractivity contribution in [2.45, 2.75) is 63.2 Å². The Hall–Kier alpha value is -0.200. The minimum atomic E-state index is -3.27. The molecule has 0 aromatic carbocycles. The van der Waals surface area contributed by atoms with E-state index in [4.69, 9.17) is 18.0 Å². The molecule has 1 saturated carbocycles. The number of sulfonamides is 1. The number of nitrogens with two attached hydrogens (primary N) is 1. The van der Waals surface area contributed by atoms with Gasteiger partial charge in [-0.1, -0.05) is 44.8 Å². The molecule has 17 heavy (non-hydrogen) atoms. The number of thiocarbonyl (C=S) groups is 1. The normalized spacial score (nSPS) is 20.1. The van der Waals surface area contributed by atoms with Gasteiger partial charge in [0.1, 0.15) is 0 Å². The van der Waals surface area contributed by atoms with E-state index in [9.17, 15) is 8.42 Å². The smallest absolute Gasteiger partial charge is 0.215 e. The highest BCUT2D eigenvalue weighted by atomic mass is 32.2. The van der Waals surface area contributed by atoms with Crippen molar-refractivity contribution in [2.24, 2.45) is 5.73 Å². The van der Waals surface area contributed by atoms with Crippen molar-refractivity contribution in [3.8, 4) is 0 Å². The highest BCUT2D eigenvalue weighted by Crippen LogP contribution is 2.23. The minimum Gasteiger partial charge on any atom is -0.392 e. The van der Waals surface area contributed by atoms with Crippen LogP contribution in [0.5, 0.6) is 0 Å². The van der Waals surface area contributed by atoms with E-state index in [1.54, 1.807) is 0 Å². The molecule has 3 N–H and O–H groups in total. The second-order valence-corrected chi connectivity index (χ2v) is 7.13. The average molecular weight is 278 g/mol. The Balaban J connectivity index is 2.65. The summed E-state index contributed by atoms with van der Waals surface area (Å²) >= 11 is 4.90. The van der Waals surface area contributed by atoms with Crippen LogP contribution in [0.4, 0.5) is 0 Å². The summed E-state index contributed by atoms with van der Waals surface area (Å²) in [6.45, 7) is 1.99. The highest BCUT2D eigenvalue weighted by Gasteiger charge is 2.29. The molecule has 1 fully saturated rings. The molecule has 1 unspecified atom stereocenters. The van der Waals surface area contributed by atoms with E-state index in [2.05, 4.69) is 4.72 Å². The zero-order chi connectivity index (χ0) is 12.9. The number of rotatable bonds is 6. The lowest BCUT2D eigenvalue weighted by Crippen LogP contribution is -2.47. The molecule has 1 rings (SSSR count). The van der Waals surface area contributed by atoms with Gasteiger partial charge in [0.15, 0.2) is 0 Å². The van der Waals surface area contributed by atoms with Crippen LogP contribution >= 0.6 is 12.2 Å². The van der Waals surface area contributed by atoms with Crippen LogP contribution in [0.2, 0.25) is 0 Å². The Morgan fingerprint density at radius 2 is 2.00 bits per heavy atom. The summed E-state index contributed by atoms with van der Waals surface area (Å²) in [7, 11) is -3.27. The molecule has 0 aliphatic heterocycles. The van der Waals surface area contributed by atoms with Gasteiger partial charge in [0.05, 0.1) is 16.3 Å². The summed E-state index contributed by atoms with van der Waals surface area (Å²) in [6, 6.07) is -0.387. The van der Waals surface area contributed by atoms with E-state index in [0.717, 1.165) is 38.5 Å². The maximum absolute atomic E-state index is 12.1. The van der Waals surface area contributed by atoms with Gasteiger partial charge in [-0.2, -0.15) is 0 Å². The standard InChI is InChI=1S/C11H22N2O2S2/c1-2-6-10(11(12)16)13-17(14,15)9-7-4-3-5-8-9/h9-10,13H,2-8H2,1H3,(H2,12,16). The van der Waals surface area contributed by atoms with Crippen molar-refractivity contribution in [1.82, 2.24) is 4.72 Å². The minimum absolute atomic E-state index is 0.242. The Labute approximate surface area is 109 Å². The van der Waals surface area contributed by atoms with Crippen LogP contribution in [0, 0.1) is 0 Å². The first-order valence-electron chi connectivity index (χ1n) is 6.28. The van der Waals surface area contributed by atoms with Crippen LogP contribution < -0.4 is 10.5 Å². The second kappa shape index (κ2) is 6.66. The van der Waals surface area contributed by atoms with Crippen LogP contribution in [0.3, 0.4) is 0 Å². The maximum Gasteiger partial charge on any atom is 0.215 e. The van der Waals surface area contributed by atoms with Crippen molar-refractivity contribution >= 4 is 27.2 Å². The van der Waals surface area contributed by atoms with E-state index in [1.165, 1.54) is 0 Å². The van der Waals surface area contributed by atoms with Crippen molar-refractivity contribution in [3.63, 3.8) is 0 Å². The first-order chi connectivity index (χ1) is 7.97. The second-order valence-electron chi connectivity index (χ2n) is 4.67. The predicted octanol–water partition coefficient (Wildman–Crippen LogP) is 1.69. The molecular formula is C11H22N2O2S2. The van der Waals surface area contributed by atoms with Crippen LogP contribution in [0.25, 0.3) is 0 Å². The van der Waals surface area contributed by atoms with Crippen molar-refractivity contribution in [3.05, 3.63) is 0 Å². The third-order valence-corrected chi connectivity index (χ3v) is 5.46. The summed E-state index contributed by atoms with van der Waals surface area (Å²) in [5.74, 6) is 0. The number of nitrogens with one attached hydrogen (secondary N) is 1. The molecular weight excluding hydrogens is 256 g/mol. The summed E-state index contributed by atoms with van der Waals surface area (Å²) in [4.78, 5) is 0.242. The quantitative estimate of drug-likeness (QED) is 0.725. The van der Waals surface area contributed by atoms with Crippen molar-refractivity contribution in [1.29, 1.82) is 0 Å². The van der Waals surface area contributed by atoms with Gasteiger partial charge in [0.25, 0.3) is 0 Å². The van der Waals surface area contributed by atoms with Gasteiger partial charge in [-0.25, -0.2) is 13.1 Å². The Morgan fingerprint density at radius 1 is 1.41 bits per heavy atom. The fourth-order valence-corrected chi connectivity index (χ4v) is 4.26. The molecule has 4 nitrogen and oxygen atoms in total. The van der Waals surface area contributed by atoms with Crippen LogP contribution in [0.1, 0.15) is 51.9 Å². The van der Waals surface area contributed by atoms with Gasteiger partial charge in [0.2, 0.25) is 10.0 Å². The SMILES string of the molecule is CCCC(NS(=O)(=O)C1CCCCC1)C(N)=S. The zero-order valence-electron chi connectivity index (χ0n) is 10.3. The number of hydrogen-bond acceptors (Lipinski definition) is 3. The largest absolute Gasteiger partial charge is 0.392 e. The fraction of sp³-hybridized carbons (Fsp3) is 0.909. The topological polar surface area (TPSA) is 72.2 Å². The highest BCUT2D eigenvalue weighted by molar-refractivity contribution is 7.90. The monoisotopic (exact) mass is 278 g/mol. The molecule has 0 aromatic rings. The van der Waals surface area contributed by atoms with Gasteiger partial charge >= 0.3 is 0 Å². The van der Waals surface area contributed by atoms with Crippen LogP contribution in [-0.2, 0) is 10.0 Å². The first kappa shape index (κ1) is 14.9. The van der Waals surface area contributed by atoms with Crippen LogP contribution in [-0.4, -0.2) is 24.7 Å². The van der Waals surface area contributed by atoms with Gasteiger partial charge < -0.3 is 5.73 Å². The molecule has 0 saturated heterocycles. The van der Waals surface area contributed by atoms with Crippen molar-refractivity contribution in [2.75, 3.05) is 0 Å². The van der Waals surface area contributed by atoms with Crippen LogP contribution in [0.15, 0.2) is 0 Å². The summed E-state index contributed by atoms with van der Waals surface area (Å²) < 4.78 is 27.0. The average Bonchev–Trinajstić information content (AvgIpc) is 2.29. The molecule has 1 aliphatic carbocycles. The molecule has 100 valence electrons. The summed E-state index contributed by atoms with van der Waals surface area (Å²) in [5, 5.41) is -0.259. The van der Waals surface area contributed by atoms with E-state index in [0.29, 0.717) is 6.42 Å². The number of hydrogen-bond donors (Lipinski definition) is 2. The third kappa shape index (κ3) is 4.52. The molecule has 1 atom stereocenters. The van der Waals surface area contributed by atoms with E-state index in [-0.39, 0.29) is 16.3 Å². The van der Waals surface area contributed by atoms with E-state index in [1.807, 2.05) is 6.92 Å². The lowest BCUT2D eigenvalue weighted by Gasteiger charge is -2.25. The fourth-order valence-electron chi connectivity index (χ4n) is 2.22. The molecule has 0 aromatic heterocycles. The maximum atomic E-state index is 12.1. The molecule has 0 spiro atoms. The lowest BCUT2D eigenvalue weighted by atomic mass is 10.0. The predicted molar refractivity (Wildman–Crippen MR) is 74.4 cm³/mol. The van der Waals surface area contributed by atoms with Gasteiger partial charge in [-0.05, 0) is 19.3 Å². The van der Waals surface area contributed by atoms with Crippen molar-refractivity contribution < 1.29 is 8.42 Å². The van der Waals surface area contributed by atoms with Gasteiger partial charge in [0, 0.05) is 0 Å². The van der Waals surface area contributed by atoms with E-state index >= 15 is 0 Å². The molecule has 1 aliphatic rings. The Morgan fingerprint density at radius 3 is 2.47 bits per heavy atom. The van der Waals surface area contributed by atoms with E-state index < -0.39 is 10.0 Å². The molecule has 0 bridgehead atoms. The Kier molecular flexibility index (Phi) is 5.82. The zero-order valence-corrected chi connectivity index (χ0v) is 11.9. The lowest BCUT2D eigenvalue weighted by molar-refractivity contribution is 0.474. The first-order valence-corrected chi connectivity index (χ1v) is 8.23. The Bertz CT molecular complexity index is 348.